The molecule has 0 spiro atoms. The van der Waals surface area contributed by atoms with E-state index in [0.717, 1.165) is 30.1 Å². The maximum Gasteiger partial charge on any atom is 0.154 e. The van der Waals surface area contributed by atoms with Crippen LogP contribution in [-0.2, 0) is 11.3 Å². The molecule has 2 N–H and O–H groups in total. The van der Waals surface area contributed by atoms with Crippen LogP contribution >= 0.6 is 0 Å². The molecule has 0 bridgehead atoms. The minimum atomic E-state index is -0.0180. The number of nitrogens with two attached hydrogens (primary N) is 1. The number of nitrogens with zero attached hydrogens (tertiary/aromatic N) is 2. The highest BCUT2D eigenvalue weighted by atomic mass is 16.5. The smallest absolute Gasteiger partial charge is 0.154 e. The Morgan fingerprint density at radius 3 is 2.80 bits per heavy atom. The van der Waals surface area contributed by atoms with Crippen molar-refractivity contribution in [3.05, 3.63) is 23.3 Å². The molecule has 1 rings (SSSR count). The molecule has 0 saturated heterocycles. The molecule has 4 heteroatoms. The Morgan fingerprint density at radius 1 is 1.53 bits per heavy atom. The van der Waals surface area contributed by atoms with Crippen LogP contribution in [0.2, 0.25) is 0 Å². The predicted octanol–water partition coefficient (Wildman–Crippen LogP) is 1.73. The van der Waals surface area contributed by atoms with Gasteiger partial charge in [0.05, 0.1) is 0 Å². The van der Waals surface area contributed by atoms with Gasteiger partial charge in [-0.05, 0) is 20.3 Å². The average molecular weight is 209 g/mol. The van der Waals surface area contributed by atoms with Gasteiger partial charge in [0.15, 0.2) is 5.82 Å². The van der Waals surface area contributed by atoms with E-state index in [2.05, 4.69) is 16.9 Å². The lowest BCUT2D eigenvalue weighted by Crippen LogP contribution is -2.11. The van der Waals surface area contributed by atoms with Crippen molar-refractivity contribution in [3.8, 4) is 0 Å². The molecule has 1 aromatic heterocycles. The molecule has 0 radical (unpaired) electrons. The first kappa shape index (κ1) is 12.1. The monoisotopic (exact) mass is 209 g/mol. The third-order valence-corrected chi connectivity index (χ3v) is 2.14. The molecule has 1 heterocycles. The van der Waals surface area contributed by atoms with Gasteiger partial charge in [0, 0.05) is 30.1 Å². The third-order valence-electron chi connectivity index (χ3n) is 2.14. The van der Waals surface area contributed by atoms with Gasteiger partial charge in [-0.3, -0.25) is 0 Å². The summed E-state index contributed by atoms with van der Waals surface area (Å²) < 4.78 is 5.37. The second kappa shape index (κ2) is 5.78. The molecule has 15 heavy (non-hydrogen) atoms. The van der Waals surface area contributed by atoms with E-state index in [0.29, 0.717) is 6.61 Å². The summed E-state index contributed by atoms with van der Waals surface area (Å²) >= 11 is 0. The fraction of sp³-hybridized carbons (Fsp3) is 0.636. The van der Waals surface area contributed by atoms with Crippen LogP contribution in [0.5, 0.6) is 0 Å². The van der Waals surface area contributed by atoms with Crippen molar-refractivity contribution in [1.82, 2.24) is 9.97 Å². The zero-order valence-corrected chi connectivity index (χ0v) is 9.66. The summed E-state index contributed by atoms with van der Waals surface area (Å²) in [5.74, 6) is 0.727. The van der Waals surface area contributed by atoms with Crippen LogP contribution in [0.25, 0.3) is 0 Å². The topological polar surface area (TPSA) is 61.0 Å². The van der Waals surface area contributed by atoms with Gasteiger partial charge in [-0.1, -0.05) is 6.92 Å². The molecule has 1 aromatic rings. The molecule has 0 aliphatic carbocycles. The van der Waals surface area contributed by atoms with E-state index in [9.17, 15) is 0 Å². The number of rotatable bonds is 5. The summed E-state index contributed by atoms with van der Waals surface area (Å²) in [6.45, 7) is 7.18. The van der Waals surface area contributed by atoms with Gasteiger partial charge in [-0.2, -0.15) is 0 Å². The lowest BCUT2D eigenvalue weighted by atomic mass is 10.1. The van der Waals surface area contributed by atoms with E-state index in [1.807, 2.05) is 13.8 Å². The summed E-state index contributed by atoms with van der Waals surface area (Å²) in [5.41, 5.74) is 7.71. The Balaban J connectivity index is 2.65. The van der Waals surface area contributed by atoms with E-state index < -0.39 is 0 Å². The summed E-state index contributed by atoms with van der Waals surface area (Å²) in [7, 11) is 0. The van der Waals surface area contributed by atoms with Crippen LogP contribution in [0.1, 0.15) is 43.4 Å². The first-order chi connectivity index (χ1) is 7.15. The SMILES string of the molecule is CCCOCc1ncc([C@H](C)N)c(C)n1. The van der Waals surface area contributed by atoms with E-state index in [1.54, 1.807) is 6.20 Å². The fourth-order valence-corrected chi connectivity index (χ4v) is 1.35. The van der Waals surface area contributed by atoms with Crippen molar-refractivity contribution < 1.29 is 4.74 Å². The zero-order valence-electron chi connectivity index (χ0n) is 9.66. The van der Waals surface area contributed by atoms with Crippen LogP contribution in [0.4, 0.5) is 0 Å². The number of hydrogen-bond donors (Lipinski definition) is 1. The van der Waals surface area contributed by atoms with Crippen molar-refractivity contribution in [2.45, 2.75) is 39.8 Å². The Bertz CT molecular complexity index is 313. The molecule has 4 nitrogen and oxygen atoms in total. The minimum absolute atomic E-state index is 0.0180. The Hall–Kier alpha value is -1.00. The number of aryl methyl sites for hydroxylation is 1. The number of ether oxygens (including phenoxy) is 1. The molecule has 0 aliphatic heterocycles. The Labute approximate surface area is 90.9 Å². The first-order valence-corrected chi connectivity index (χ1v) is 5.31. The lowest BCUT2D eigenvalue weighted by Gasteiger charge is -2.09. The van der Waals surface area contributed by atoms with Gasteiger partial charge < -0.3 is 10.5 Å². The Kier molecular flexibility index (Phi) is 4.65. The molecule has 0 fully saturated rings. The molecule has 0 unspecified atom stereocenters. The highest BCUT2D eigenvalue weighted by Crippen LogP contribution is 2.11. The molecule has 1 atom stereocenters. The second-order valence-corrected chi connectivity index (χ2v) is 3.67. The maximum atomic E-state index is 5.78. The van der Waals surface area contributed by atoms with Gasteiger partial charge in [0.1, 0.15) is 6.61 Å². The van der Waals surface area contributed by atoms with Crippen LogP contribution in [0.15, 0.2) is 6.20 Å². The van der Waals surface area contributed by atoms with E-state index in [4.69, 9.17) is 10.5 Å². The van der Waals surface area contributed by atoms with Crippen LogP contribution in [0, 0.1) is 6.92 Å². The standard InChI is InChI=1S/C11H19N3O/c1-4-5-15-7-11-13-6-10(8(2)12)9(3)14-11/h6,8H,4-5,7,12H2,1-3H3/t8-/m0/s1. The van der Waals surface area contributed by atoms with Gasteiger partial charge in [0.2, 0.25) is 0 Å². The van der Waals surface area contributed by atoms with Gasteiger partial charge in [-0.15, -0.1) is 0 Å². The quantitative estimate of drug-likeness (QED) is 0.750. The minimum Gasteiger partial charge on any atom is -0.373 e. The molecule has 0 aliphatic rings. The summed E-state index contributed by atoms with van der Waals surface area (Å²) in [4.78, 5) is 8.57. The third kappa shape index (κ3) is 3.57. The Morgan fingerprint density at radius 2 is 2.27 bits per heavy atom. The van der Waals surface area contributed by atoms with Crippen molar-refractivity contribution in [1.29, 1.82) is 0 Å². The van der Waals surface area contributed by atoms with Gasteiger partial charge in [0.25, 0.3) is 0 Å². The molecule has 0 amide bonds. The lowest BCUT2D eigenvalue weighted by molar-refractivity contribution is 0.116. The zero-order chi connectivity index (χ0) is 11.3. The van der Waals surface area contributed by atoms with E-state index in [-0.39, 0.29) is 6.04 Å². The van der Waals surface area contributed by atoms with Crippen LogP contribution < -0.4 is 5.73 Å². The molecular weight excluding hydrogens is 190 g/mol. The summed E-state index contributed by atoms with van der Waals surface area (Å²) in [5, 5.41) is 0. The van der Waals surface area contributed by atoms with E-state index in [1.165, 1.54) is 0 Å². The summed E-state index contributed by atoms with van der Waals surface area (Å²) in [6, 6.07) is -0.0180. The normalized spacial score (nSPS) is 12.8. The first-order valence-electron chi connectivity index (χ1n) is 5.31. The summed E-state index contributed by atoms with van der Waals surface area (Å²) in [6.07, 6.45) is 2.80. The second-order valence-electron chi connectivity index (χ2n) is 3.67. The average Bonchev–Trinajstić information content (AvgIpc) is 2.17. The molecule has 0 aromatic carbocycles. The van der Waals surface area contributed by atoms with Crippen molar-refractivity contribution in [2.24, 2.45) is 5.73 Å². The van der Waals surface area contributed by atoms with Crippen molar-refractivity contribution in [3.63, 3.8) is 0 Å². The van der Waals surface area contributed by atoms with E-state index >= 15 is 0 Å². The predicted molar refractivity (Wildman–Crippen MR) is 59.3 cm³/mol. The van der Waals surface area contributed by atoms with Gasteiger partial charge >= 0.3 is 0 Å². The largest absolute Gasteiger partial charge is 0.373 e. The van der Waals surface area contributed by atoms with Crippen LogP contribution in [-0.4, -0.2) is 16.6 Å². The fourth-order valence-electron chi connectivity index (χ4n) is 1.35. The van der Waals surface area contributed by atoms with Crippen molar-refractivity contribution >= 4 is 0 Å². The number of hydrogen-bond acceptors (Lipinski definition) is 4. The maximum absolute atomic E-state index is 5.78. The molecule has 84 valence electrons. The highest BCUT2D eigenvalue weighted by Gasteiger charge is 2.06. The number of aromatic nitrogens is 2. The van der Waals surface area contributed by atoms with Crippen LogP contribution in [0.3, 0.4) is 0 Å². The molecular formula is C11H19N3O. The highest BCUT2D eigenvalue weighted by molar-refractivity contribution is 5.19. The molecule has 0 saturated carbocycles. The van der Waals surface area contributed by atoms with Gasteiger partial charge in [-0.25, -0.2) is 9.97 Å². The van der Waals surface area contributed by atoms with Crippen molar-refractivity contribution in [2.75, 3.05) is 6.61 Å².